The van der Waals surface area contributed by atoms with Gasteiger partial charge in [0.05, 0.1) is 103 Å². The molecular formula is C70H68BrIN12O10S5Si. The molecule has 7 aromatic heterocycles. The van der Waals surface area contributed by atoms with Gasteiger partial charge in [-0.05, 0) is 155 Å². The maximum atomic E-state index is 13.5. The van der Waals surface area contributed by atoms with Crippen molar-refractivity contribution in [3.8, 4) is 57.6 Å². The molecular weight excluding hydrogens is 1560 g/mol. The van der Waals surface area contributed by atoms with E-state index in [0.29, 0.717) is 80.4 Å². The first-order valence-electron chi connectivity index (χ1n) is 30.6. The molecule has 5 aromatic carbocycles. The molecule has 0 aliphatic rings. The molecule has 22 nitrogen and oxygen atoms in total. The average molecular weight is 1630 g/mol. The largest absolute Gasteiger partial charge is 0.382 e. The Labute approximate surface area is 605 Å². The van der Waals surface area contributed by atoms with Gasteiger partial charge in [0.1, 0.15) is 35.0 Å². The number of benzene rings is 5. The lowest BCUT2D eigenvalue weighted by Crippen LogP contribution is -2.16. The van der Waals surface area contributed by atoms with Gasteiger partial charge in [-0.25, -0.2) is 89.9 Å². The molecule has 0 amide bonds. The molecule has 0 aliphatic carbocycles. The smallest absolute Gasteiger partial charge is 0.269 e. The number of terminal acetylenes is 1. The first-order valence-corrected chi connectivity index (χ1v) is 43.5. The first kappa shape index (κ1) is 75.3. The van der Waals surface area contributed by atoms with E-state index in [9.17, 15) is 42.1 Å². The SMILES string of the molecule is C#Cc1c[nH]c2ncc(-c3ccc(S(=O)(=O)C(C)C)cc3)nc12.Cc1ccc(S(=O)(=O)n2cc(C#C[Si](C)(C)C)c3nc(-c4ccc(S(=O)(=O)C(C)C)cc4)cnc32)cc1.Cc1ccc(S(=O)(=O)n2cc(I)c3nc(-c4ccc(S(=O)(=O)C(C)C)cc4)cnc32)cc1.Nc1cnc(Br)cn1. The third kappa shape index (κ3) is 16.8. The average Bonchev–Trinajstić information content (AvgIpc) is 1.59. The van der Waals surface area contributed by atoms with E-state index >= 15 is 0 Å². The van der Waals surface area contributed by atoms with Crippen molar-refractivity contribution >= 4 is 135 Å². The number of fused-ring (bicyclic) bond motifs is 3. The maximum Gasteiger partial charge on any atom is 0.269 e. The van der Waals surface area contributed by atoms with Gasteiger partial charge in [0.15, 0.2) is 46.5 Å². The van der Waals surface area contributed by atoms with Crippen LogP contribution in [-0.2, 0) is 49.6 Å². The van der Waals surface area contributed by atoms with E-state index in [4.69, 9.17) is 17.1 Å². The molecule has 0 saturated heterocycles. The predicted octanol–water partition coefficient (Wildman–Crippen LogP) is 13.1. The molecule has 0 spiro atoms. The van der Waals surface area contributed by atoms with E-state index in [1.54, 1.807) is 181 Å². The third-order valence-electron chi connectivity index (χ3n) is 15.1. The summed E-state index contributed by atoms with van der Waals surface area (Å²) < 4.78 is 131. The predicted molar refractivity (Wildman–Crippen MR) is 405 cm³/mol. The zero-order chi connectivity index (χ0) is 73.0. The Hall–Kier alpha value is -8.86. The number of nitrogen functional groups attached to an aromatic ring is 1. The van der Waals surface area contributed by atoms with Crippen LogP contribution in [0.5, 0.6) is 0 Å². The molecule has 0 fully saturated rings. The minimum atomic E-state index is -3.93. The van der Waals surface area contributed by atoms with E-state index in [1.165, 1.54) is 31.0 Å². The van der Waals surface area contributed by atoms with E-state index in [-0.39, 0.29) is 30.9 Å². The highest BCUT2D eigenvalue weighted by Crippen LogP contribution is 2.32. The highest BCUT2D eigenvalue weighted by atomic mass is 127. The van der Waals surface area contributed by atoms with Gasteiger partial charge in [0, 0.05) is 35.3 Å². The van der Waals surface area contributed by atoms with Crippen LogP contribution in [0.4, 0.5) is 5.82 Å². The Kier molecular flexibility index (Phi) is 22.7. The summed E-state index contributed by atoms with van der Waals surface area (Å²) in [6.07, 6.45) is 17.8. The van der Waals surface area contributed by atoms with Crippen LogP contribution in [0.25, 0.3) is 67.3 Å². The second-order valence-electron chi connectivity index (χ2n) is 24.5. The number of hydrogen-bond acceptors (Lipinski definition) is 19. The minimum absolute atomic E-state index is 0.146. The van der Waals surface area contributed by atoms with E-state index < -0.39 is 73.4 Å². The summed E-state index contributed by atoms with van der Waals surface area (Å²) in [5, 5.41) is -1.50. The Morgan fingerprint density at radius 1 is 0.490 bits per heavy atom. The van der Waals surface area contributed by atoms with E-state index in [2.05, 4.69) is 92.8 Å². The third-order valence-corrected chi connectivity index (χ3v) is 27.0. The van der Waals surface area contributed by atoms with Crippen molar-refractivity contribution in [2.24, 2.45) is 0 Å². The van der Waals surface area contributed by atoms with Crippen LogP contribution < -0.4 is 5.73 Å². The lowest BCUT2D eigenvalue weighted by Gasteiger charge is -2.09. The van der Waals surface area contributed by atoms with E-state index in [0.717, 1.165) is 24.6 Å². The van der Waals surface area contributed by atoms with Gasteiger partial charge in [-0.1, -0.05) is 103 Å². The molecule has 12 aromatic rings. The van der Waals surface area contributed by atoms with Gasteiger partial charge >= 0.3 is 0 Å². The zero-order valence-electron chi connectivity index (χ0n) is 55.9. The van der Waals surface area contributed by atoms with Crippen molar-refractivity contribution < 1.29 is 42.1 Å². The zero-order valence-corrected chi connectivity index (χ0v) is 64.7. The van der Waals surface area contributed by atoms with Gasteiger partial charge in [-0.2, -0.15) is 0 Å². The van der Waals surface area contributed by atoms with Crippen molar-refractivity contribution in [3.05, 3.63) is 201 Å². The van der Waals surface area contributed by atoms with Crippen molar-refractivity contribution in [2.75, 3.05) is 5.73 Å². The Bertz CT molecular complexity index is 5740. The summed E-state index contributed by atoms with van der Waals surface area (Å²) >= 11 is 5.15. The molecule has 0 unspecified atom stereocenters. The molecule has 0 aliphatic heterocycles. The Morgan fingerprint density at radius 2 is 0.870 bits per heavy atom. The molecule has 12 rings (SSSR count). The van der Waals surface area contributed by atoms with Gasteiger partial charge in [0.2, 0.25) is 0 Å². The molecule has 0 bridgehead atoms. The summed E-state index contributed by atoms with van der Waals surface area (Å²) in [6.45, 7) is 20.0. The molecule has 0 saturated carbocycles. The first-order chi connectivity index (χ1) is 46.9. The Balaban J connectivity index is 0.000000169. The maximum absolute atomic E-state index is 13.5. The van der Waals surface area contributed by atoms with Crippen LogP contribution in [0.3, 0.4) is 0 Å². The van der Waals surface area contributed by atoms with Gasteiger partial charge in [0.25, 0.3) is 20.0 Å². The van der Waals surface area contributed by atoms with Crippen LogP contribution >= 0.6 is 38.5 Å². The van der Waals surface area contributed by atoms with Gasteiger partial charge in [-0.3, -0.25) is 0 Å². The van der Waals surface area contributed by atoms with Crippen LogP contribution in [-0.4, -0.2) is 119 Å². The molecule has 0 radical (unpaired) electrons. The minimum Gasteiger partial charge on any atom is -0.382 e. The fourth-order valence-corrected chi connectivity index (χ4v) is 16.6. The summed E-state index contributed by atoms with van der Waals surface area (Å²) in [6, 6.07) is 32.8. The second-order valence-corrected chi connectivity index (χ2v) is 42.4. The van der Waals surface area contributed by atoms with Gasteiger partial charge < -0.3 is 10.7 Å². The number of halogens is 2. The molecule has 0 atom stereocenters. The molecule has 7 heterocycles. The summed E-state index contributed by atoms with van der Waals surface area (Å²) in [7, 11) is -19.6. The van der Waals surface area contributed by atoms with Crippen molar-refractivity contribution in [3.63, 3.8) is 0 Å². The number of rotatable bonds is 13. The van der Waals surface area contributed by atoms with Gasteiger partial charge in [-0.15, -0.1) is 12.0 Å². The number of hydrogen-bond donors (Lipinski definition) is 2. The number of aryl methyl sites for hydroxylation is 2. The highest BCUT2D eigenvalue weighted by Gasteiger charge is 2.27. The molecule has 3 N–H and O–H groups in total. The van der Waals surface area contributed by atoms with Crippen molar-refractivity contribution in [1.82, 2.24) is 52.8 Å². The van der Waals surface area contributed by atoms with Crippen LogP contribution in [0, 0.1) is 41.2 Å². The van der Waals surface area contributed by atoms with E-state index in [1.807, 2.05) is 36.4 Å². The normalized spacial score (nSPS) is 12.1. The number of H-pyrrole nitrogens is 1. The van der Waals surface area contributed by atoms with Crippen molar-refractivity contribution in [2.45, 2.75) is 115 Å². The van der Waals surface area contributed by atoms with Crippen LogP contribution in [0.15, 0.2) is 200 Å². The summed E-state index contributed by atoms with van der Waals surface area (Å²) in [4.78, 5) is 38.6. The van der Waals surface area contributed by atoms with Crippen LogP contribution in [0.1, 0.15) is 63.8 Å². The number of aromatic nitrogens is 11. The van der Waals surface area contributed by atoms with Crippen molar-refractivity contribution in [1.29, 1.82) is 0 Å². The topological polar surface area (TPSA) is 325 Å². The number of nitrogens with one attached hydrogen (secondary N) is 1. The number of anilines is 1. The molecule has 30 heteroatoms. The Morgan fingerprint density at radius 3 is 1.25 bits per heavy atom. The quantitative estimate of drug-likeness (QED) is 0.0615. The number of sulfone groups is 3. The molecule has 100 heavy (non-hydrogen) atoms. The standard InChI is InChI=1S/C27H29N3O4S2Si.C22H20IN3O4S2.C17H15N3O2S.C4H4BrN3/c1-19(2)35(31,32)23-13-9-21(10-14-23)25-17-28-27-26(29-25)22(15-16-37(4,5)6)18-30(27)36(33,34)24-11-7-20(3)8-12-24;1-14(2)31(27,28)17-10-6-16(7-11-17)20-12-24-22-21(25-20)19(23)13-26(22)32(29,30)18-8-4-15(3)5-9-18;1-4-12-9-18-17-16(12)20-15(10-19-17)13-5-7-14(8-6-13)23(21,22)11(2)3;5-3-1-8-4(6)2-7-3/h7-14,17-19H,1-6H3;4-14H,1-3H3;1,5-11H,2-3H3,(H,18,19);1-2H,(H2,6,8). The number of nitrogens with zero attached hydrogens (tertiary/aromatic N) is 10. The summed E-state index contributed by atoms with van der Waals surface area (Å²) in [5.41, 5.74) is 17.8. The fraction of sp³-hybridized carbons (Fsp3) is 0.200. The lowest BCUT2D eigenvalue weighted by molar-refractivity contribution is 0.586. The number of aromatic amines is 1. The van der Waals surface area contributed by atoms with Crippen LogP contribution in [0.2, 0.25) is 19.6 Å². The molecule has 516 valence electrons. The number of nitrogens with two attached hydrogens (primary N) is 1. The summed E-state index contributed by atoms with van der Waals surface area (Å²) in [5.74, 6) is 6.14. The lowest BCUT2D eigenvalue weighted by atomic mass is 10.1. The fourth-order valence-electron chi connectivity index (χ4n) is 9.26. The monoisotopic (exact) mass is 1630 g/mol. The highest BCUT2D eigenvalue weighted by molar-refractivity contribution is 14.1. The second kappa shape index (κ2) is 30.1.